The number of hydrogen-bond acceptors (Lipinski definition) is 4. The predicted molar refractivity (Wildman–Crippen MR) is 108 cm³/mol. The van der Waals surface area contributed by atoms with Gasteiger partial charge in [-0.1, -0.05) is 18.2 Å². The molecule has 0 radical (unpaired) electrons. The van der Waals surface area contributed by atoms with Gasteiger partial charge in [0.05, 0.1) is 6.54 Å². The lowest BCUT2D eigenvalue weighted by molar-refractivity contribution is -0.131. The Morgan fingerprint density at radius 1 is 0.889 bits per heavy atom. The summed E-state index contributed by atoms with van der Waals surface area (Å²) in [5, 5.41) is 3.36. The normalized spacial score (nSPS) is 18.4. The standard InChI is InChI=1S/C21H32N4O2/c1-18-7-2-3-8-19(18)22-10-9-20(26)25-14-6-11-23(15-16-25)17-21(27)24-12-4-5-13-24/h2-3,7-8,22H,4-6,9-17H2,1H3. The van der Waals surface area contributed by atoms with E-state index in [-0.39, 0.29) is 11.8 Å². The number of rotatable bonds is 6. The highest BCUT2D eigenvalue weighted by atomic mass is 16.2. The van der Waals surface area contributed by atoms with E-state index in [1.807, 2.05) is 28.0 Å². The van der Waals surface area contributed by atoms with E-state index in [0.29, 0.717) is 19.5 Å². The molecule has 0 bridgehead atoms. The maximum absolute atomic E-state index is 12.6. The first-order chi connectivity index (χ1) is 13.1. The average molecular weight is 373 g/mol. The van der Waals surface area contributed by atoms with Crippen molar-refractivity contribution in [2.75, 3.05) is 57.7 Å². The smallest absolute Gasteiger partial charge is 0.236 e. The van der Waals surface area contributed by atoms with Gasteiger partial charge in [-0.15, -0.1) is 0 Å². The summed E-state index contributed by atoms with van der Waals surface area (Å²) in [6.45, 7) is 8.22. The van der Waals surface area contributed by atoms with Crippen LogP contribution >= 0.6 is 0 Å². The van der Waals surface area contributed by atoms with Crippen molar-refractivity contribution < 1.29 is 9.59 Å². The van der Waals surface area contributed by atoms with Gasteiger partial charge in [0.15, 0.2) is 0 Å². The summed E-state index contributed by atoms with van der Waals surface area (Å²) in [5.74, 6) is 0.443. The number of carbonyl (C=O) groups is 2. The van der Waals surface area contributed by atoms with E-state index in [4.69, 9.17) is 0 Å². The van der Waals surface area contributed by atoms with Crippen LogP contribution in [0.25, 0.3) is 0 Å². The second-order valence-corrected chi connectivity index (χ2v) is 7.59. The fraction of sp³-hybridized carbons (Fsp3) is 0.619. The molecular formula is C21H32N4O2. The Balaban J connectivity index is 1.40. The Bertz CT molecular complexity index is 643. The highest BCUT2D eigenvalue weighted by Gasteiger charge is 2.23. The third kappa shape index (κ3) is 5.70. The number of benzene rings is 1. The number of aryl methyl sites for hydroxylation is 1. The fourth-order valence-electron chi connectivity index (χ4n) is 3.87. The van der Waals surface area contributed by atoms with Crippen molar-refractivity contribution in [2.24, 2.45) is 0 Å². The molecule has 0 aromatic heterocycles. The molecule has 6 heteroatoms. The van der Waals surface area contributed by atoms with Crippen molar-refractivity contribution >= 4 is 17.5 Å². The molecule has 2 aliphatic rings. The Kier molecular flexibility index (Phi) is 7.10. The molecule has 2 amide bonds. The van der Waals surface area contributed by atoms with E-state index in [0.717, 1.165) is 64.2 Å². The van der Waals surface area contributed by atoms with Crippen molar-refractivity contribution in [3.8, 4) is 0 Å². The van der Waals surface area contributed by atoms with Crippen LogP contribution in [0.5, 0.6) is 0 Å². The van der Waals surface area contributed by atoms with Gasteiger partial charge in [-0.25, -0.2) is 0 Å². The minimum atomic E-state index is 0.198. The third-order valence-electron chi connectivity index (χ3n) is 5.56. The van der Waals surface area contributed by atoms with E-state index in [1.54, 1.807) is 0 Å². The summed E-state index contributed by atoms with van der Waals surface area (Å²) in [5.41, 5.74) is 2.28. The first-order valence-electron chi connectivity index (χ1n) is 10.2. The quantitative estimate of drug-likeness (QED) is 0.829. The molecular weight excluding hydrogens is 340 g/mol. The van der Waals surface area contributed by atoms with Crippen molar-refractivity contribution in [3.63, 3.8) is 0 Å². The van der Waals surface area contributed by atoms with Crippen LogP contribution in [0.15, 0.2) is 24.3 Å². The van der Waals surface area contributed by atoms with Gasteiger partial charge in [0.2, 0.25) is 11.8 Å². The maximum Gasteiger partial charge on any atom is 0.236 e. The topological polar surface area (TPSA) is 55.9 Å². The maximum atomic E-state index is 12.6. The Labute approximate surface area is 162 Å². The number of amides is 2. The van der Waals surface area contributed by atoms with Crippen LogP contribution < -0.4 is 5.32 Å². The summed E-state index contributed by atoms with van der Waals surface area (Å²) in [7, 11) is 0. The van der Waals surface area contributed by atoms with Crippen LogP contribution in [0, 0.1) is 6.92 Å². The zero-order valence-electron chi connectivity index (χ0n) is 16.5. The van der Waals surface area contributed by atoms with E-state index >= 15 is 0 Å². The third-order valence-corrected chi connectivity index (χ3v) is 5.56. The molecule has 0 aliphatic carbocycles. The van der Waals surface area contributed by atoms with Crippen molar-refractivity contribution in [2.45, 2.75) is 32.6 Å². The van der Waals surface area contributed by atoms with E-state index in [2.05, 4.69) is 23.2 Å². The minimum Gasteiger partial charge on any atom is -0.384 e. The lowest BCUT2D eigenvalue weighted by Gasteiger charge is -2.24. The molecule has 2 fully saturated rings. The molecule has 27 heavy (non-hydrogen) atoms. The summed E-state index contributed by atoms with van der Waals surface area (Å²) in [4.78, 5) is 31.0. The number of para-hydroxylation sites is 1. The van der Waals surface area contributed by atoms with Crippen LogP contribution in [-0.2, 0) is 9.59 Å². The zero-order chi connectivity index (χ0) is 19.1. The Morgan fingerprint density at radius 3 is 2.37 bits per heavy atom. The molecule has 1 N–H and O–H groups in total. The predicted octanol–water partition coefficient (Wildman–Crippen LogP) is 1.95. The lowest BCUT2D eigenvalue weighted by Crippen LogP contribution is -2.41. The van der Waals surface area contributed by atoms with Crippen LogP contribution in [0.3, 0.4) is 0 Å². The molecule has 6 nitrogen and oxygen atoms in total. The van der Waals surface area contributed by atoms with Crippen LogP contribution in [0.2, 0.25) is 0 Å². The number of anilines is 1. The van der Waals surface area contributed by atoms with Crippen molar-refractivity contribution in [3.05, 3.63) is 29.8 Å². The molecule has 0 saturated carbocycles. The molecule has 1 aromatic carbocycles. The molecule has 0 spiro atoms. The van der Waals surface area contributed by atoms with E-state index in [9.17, 15) is 9.59 Å². The Morgan fingerprint density at radius 2 is 1.59 bits per heavy atom. The van der Waals surface area contributed by atoms with Gasteiger partial charge in [0.1, 0.15) is 0 Å². The fourth-order valence-corrected chi connectivity index (χ4v) is 3.87. The van der Waals surface area contributed by atoms with E-state index < -0.39 is 0 Å². The van der Waals surface area contributed by atoms with Gasteiger partial charge in [-0.3, -0.25) is 14.5 Å². The number of likely N-dealkylation sites (tertiary alicyclic amines) is 1. The zero-order valence-corrected chi connectivity index (χ0v) is 16.5. The summed E-state index contributed by atoms with van der Waals surface area (Å²) < 4.78 is 0. The van der Waals surface area contributed by atoms with Gasteiger partial charge in [-0.05, 0) is 37.8 Å². The van der Waals surface area contributed by atoms with Crippen LogP contribution in [0.4, 0.5) is 5.69 Å². The largest absolute Gasteiger partial charge is 0.384 e. The highest BCUT2D eigenvalue weighted by molar-refractivity contribution is 5.78. The Hall–Kier alpha value is -2.08. The summed E-state index contributed by atoms with van der Waals surface area (Å²) in [6.07, 6.45) is 3.69. The second-order valence-electron chi connectivity index (χ2n) is 7.59. The molecule has 148 valence electrons. The number of nitrogens with zero attached hydrogens (tertiary/aromatic N) is 3. The molecule has 1 aromatic rings. The minimum absolute atomic E-state index is 0.198. The van der Waals surface area contributed by atoms with Crippen LogP contribution in [-0.4, -0.2) is 78.9 Å². The first kappa shape index (κ1) is 19.7. The molecule has 2 heterocycles. The molecule has 3 rings (SSSR count). The first-order valence-corrected chi connectivity index (χ1v) is 10.2. The molecule has 0 unspecified atom stereocenters. The summed E-state index contributed by atoms with van der Waals surface area (Å²) >= 11 is 0. The van der Waals surface area contributed by atoms with Crippen LogP contribution in [0.1, 0.15) is 31.2 Å². The molecule has 2 aliphatic heterocycles. The van der Waals surface area contributed by atoms with Crippen molar-refractivity contribution in [1.29, 1.82) is 0 Å². The monoisotopic (exact) mass is 372 g/mol. The lowest BCUT2D eigenvalue weighted by atomic mass is 10.2. The van der Waals surface area contributed by atoms with Crippen molar-refractivity contribution in [1.82, 2.24) is 14.7 Å². The molecule has 2 saturated heterocycles. The van der Waals surface area contributed by atoms with Gasteiger partial charge in [0.25, 0.3) is 0 Å². The number of carbonyl (C=O) groups excluding carboxylic acids is 2. The van der Waals surface area contributed by atoms with Gasteiger partial charge in [-0.2, -0.15) is 0 Å². The van der Waals surface area contributed by atoms with Gasteiger partial charge < -0.3 is 15.1 Å². The summed E-state index contributed by atoms with van der Waals surface area (Å²) in [6, 6.07) is 8.13. The van der Waals surface area contributed by atoms with E-state index in [1.165, 1.54) is 5.56 Å². The number of hydrogen-bond donors (Lipinski definition) is 1. The SMILES string of the molecule is Cc1ccccc1NCCC(=O)N1CCCN(CC(=O)N2CCCC2)CC1. The number of nitrogens with one attached hydrogen (secondary N) is 1. The van der Waals surface area contributed by atoms with Gasteiger partial charge >= 0.3 is 0 Å². The van der Waals surface area contributed by atoms with Gasteiger partial charge in [0, 0.05) is 57.9 Å². The average Bonchev–Trinajstić information content (AvgIpc) is 3.11. The second kappa shape index (κ2) is 9.74. The molecule has 0 atom stereocenters. The highest BCUT2D eigenvalue weighted by Crippen LogP contribution is 2.13.